The summed E-state index contributed by atoms with van der Waals surface area (Å²) in [6.45, 7) is 4.70. The first-order valence-electron chi connectivity index (χ1n) is 8.18. The minimum absolute atomic E-state index is 0.210. The van der Waals surface area contributed by atoms with E-state index in [0.29, 0.717) is 5.41 Å². The summed E-state index contributed by atoms with van der Waals surface area (Å²) in [4.78, 5) is 0. The summed E-state index contributed by atoms with van der Waals surface area (Å²) in [5.74, 6) is 0.531. The average molecular weight is 296 g/mol. The molecule has 2 nitrogen and oxygen atoms in total. The summed E-state index contributed by atoms with van der Waals surface area (Å²) < 4.78 is 15.1. The molecule has 114 valence electrons. The van der Waals surface area contributed by atoms with E-state index < -0.39 is 0 Å². The van der Waals surface area contributed by atoms with E-state index in [2.05, 4.69) is 25.0 Å². The molecule has 0 spiro atoms. The largest absolute Gasteiger partial charge is 0.233 e. The van der Waals surface area contributed by atoms with Gasteiger partial charge in [0.05, 0.1) is 17.6 Å². The first-order valence-corrected chi connectivity index (χ1v) is 8.18. The van der Waals surface area contributed by atoms with E-state index >= 15 is 0 Å². The number of rotatable bonds is 2. The predicted octanol–water partition coefficient (Wildman–Crippen LogP) is 4.78. The Kier molecular flexibility index (Phi) is 3.00. The van der Waals surface area contributed by atoms with Crippen molar-refractivity contribution in [3.05, 3.63) is 53.1 Å². The summed E-state index contributed by atoms with van der Waals surface area (Å²) in [7, 11) is 0. The van der Waals surface area contributed by atoms with Gasteiger partial charge in [-0.1, -0.05) is 19.4 Å². The summed E-state index contributed by atoms with van der Waals surface area (Å²) in [6.07, 6.45) is 9.11. The van der Waals surface area contributed by atoms with Gasteiger partial charge in [0.15, 0.2) is 0 Å². The van der Waals surface area contributed by atoms with Crippen molar-refractivity contribution < 1.29 is 4.39 Å². The van der Waals surface area contributed by atoms with Crippen LogP contribution in [-0.4, -0.2) is 9.78 Å². The fourth-order valence-corrected chi connectivity index (χ4v) is 4.39. The molecule has 2 aliphatic carbocycles. The van der Waals surface area contributed by atoms with Crippen LogP contribution >= 0.6 is 0 Å². The third kappa shape index (κ3) is 1.81. The second-order valence-corrected chi connectivity index (χ2v) is 6.74. The van der Waals surface area contributed by atoms with Gasteiger partial charge in [-0.15, -0.1) is 0 Å². The van der Waals surface area contributed by atoms with Crippen LogP contribution in [0.5, 0.6) is 0 Å². The number of aromatic nitrogens is 2. The van der Waals surface area contributed by atoms with Crippen molar-refractivity contribution in [3.63, 3.8) is 0 Å². The van der Waals surface area contributed by atoms with Gasteiger partial charge in [-0.2, -0.15) is 5.10 Å². The number of halogens is 1. The third-order valence-electron chi connectivity index (χ3n) is 5.83. The Hall–Kier alpha value is -1.90. The van der Waals surface area contributed by atoms with E-state index in [0.717, 1.165) is 18.0 Å². The van der Waals surface area contributed by atoms with E-state index in [9.17, 15) is 4.39 Å². The fraction of sp³-hybridized carbons (Fsp3) is 0.421. The van der Waals surface area contributed by atoms with Crippen LogP contribution in [0.4, 0.5) is 4.39 Å². The van der Waals surface area contributed by atoms with Gasteiger partial charge >= 0.3 is 0 Å². The molecule has 1 aromatic carbocycles. The zero-order valence-corrected chi connectivity index (χ0v) is 13.1. The number of hydrogen-bond acceptors (Lipinski definition) is 1. The van der Waals surface area contributed by atoms with Crippen LogP contribution in [0.15, 0.2) is 36.0 Å². The molecule has 1 heterocycles. The first-order chi connectivity index (χ1) is 10.6. The quantitative estimate of drug-likeness (QED) is 0.780. The number of benzene rings is 1. The Bertz CT molecular complexity index is 741. The van der Waals surface area contributed by atoms with Crippen molar-refractivity contribution in [1.29, 1.82) is 0 Å². The average Bonchev–Trinajstić information content (AvgIpc) is 3.08. The number of fused-ring (bicyclic) bond motifs is 2. The van der Waals surface area contributed by atoms with Gasteiger partial charge in [0.2, 0.25) is 0 Å². The molecule has 0 saturated heterocycles. The molecule has 1 saturated carbocycles. The molecule has 4 rings (SSSR count). The maximum Gasteiger partial charge on any atom is 0.123 e. The first kappa shape index (κ1) is 13.7. The van der Waals surface area contributed by atoms with Crippen LogP contribution < -0.4 is 0 Å². The van der Waals surface area contributed by atoms with Crippen molar-refractivity contribution in [2.45, 2.75) is 39.5 Å². The standard InChI is InChI=1S/C19H21FN2/c1-3-19-11-14-12-21-22(17-8-6-16(20)7-9-17)18(14)10-15(19)5-4-13(19)2/h6-10,12-13H,3-5,11H2,1-2H3/t13?,19-/m1/s1. The Balaban J connectivity index is 1.82. The minimum atomic E-state index is -0.210. The molecule has 0 amide bonds. The predicted molar refractivity (Wildman–Crippen MR) is 86.3 cm³/mol. The van der Waals surface area contributed by atoms with Crippen LogP contribution in [0, 0.1) is 17.2 Å². The molecule has 2 atom stereocenters. The van der Waals surface area contributed by atoms with E-state index in [1.54, 1.807) is 17.7 Å². The van der Waals surface area contributed by atoms with Crippen LogP contribution in [0.3, 0.4) is 0 Å². The van der Waals surface area contributed by atoms with Crippen molar-refractivity contribution in [2.24, 2.45) is 11.3 Å². The normalized spacial score (nSPS) is 26.5. The monoisotopic (exact) mass is 296 g/mol. The van der Waals surface area contributed by atoms with Crippen LogP contribution in [0.2, 0.25) is 0 Å². The number of hydrogen-bond donors (Lipinski definition) is 0. The highest BCUT2D eigenvalue weighted by atomic mass is 19.1. The summed E-state index contributed by atoms with van der Waals surface area (Å²) in [5, 5.41) is 4.57. The van der Waals surface area contributed by atoms with Crippen LogP contribution in [0.25, 0.3) is 11.8 Å². The van der Waals surface area contributed by atoms with Crippen molar-refractivity contribution in [2.75, 3.05) is 0 Å². The molecular weight excluding hydrogens is 275 g/mol. The molecule has 1 unspecified atom stereocenters. The summed E-state index contributed by atoms with van der Waals surface area (Å²) >= 11 is 0. The second-order valence-electron chi connectivity index (χ2n) is 6.74. The highest BCUT2D eigenvalue weighted by molar-refractivity contribution is 5.62. The lowest BCUT2D eigenvalue weighted by molar-refractivity contribution is 0.251. The molecule has 0 aliphatic heterocycles. The highest BCUT2D eigenvalue weighted by Gasteiger charge is 2.45. The SMILES string of the molecule is CC[C@]12Cc3cnn(-c4ccc(F)cc4)c3C=C1CCC2C. The molecule has 0 bridgehead atoms. The lowest BCUT2D eigenvalue weighted by Gasteiger charge is -2.37. The Labute approximate surface area is 130 Å². The third-order valence-corrected chi connectivity index (χ3v) is 5.83. The highest BCUT2D eigenvalue weighted by Crippen LogP contribution is 2.55. The van der Waals surface area contributed by atoms with Gasteiger partial charge in [-0.25, -0.2) is 9.07 Å². The molecule has 1 fully saturated rings. The van der Waals surface area contributed by atoms with E-state index in [-0.39, 0.29) is 5.82 Å². The zero-order chi connectivity index (χ0) is 15.3. The fourth-order valence-electron chi connectivity index (χ4n) is 4.39. The Morgan fingerprint density at radius 3 is 2.82 bits per heavy atom. The van der Waals surface area contributed by atoms with Crippen molar-refractivity contribution >= 4 is 6.08 Å². The Morgan fingerprint density at radius 1 is 1.32 bits per heavy atom. The molecule has 0 N–H and O–H groups in total. The van der Waals surface area contributed by atoms with Crippen molar-refractivity contribution in [1.82, 2.24) is 9.78 Å². The molecule has 3 heteroatoms. The van der Waals surface area contributed by atoms with E-state index in [1.807, 2.05) is 10.9 Å². The van der Waals surface area contributed by atoms with Crippen LogP contribution in [0.1, 0.15) is 44.4 Å². The summed E-state index contributed by atoms with van der Waals surface area (Å²) in [5.41, 5.74) is 5.35. The lowest BCUT2D eigenvalue weighted by Crippen LogP contribution is -2.30. The smallest absolute Gasteiger partial charge is 0.123 e. The van der Waals surface area contributed by atoms with Gasteiger partial charge in [0.25, 0.3) is 0 Å². The molecule has 2 aliphatic rings. The van der Waals surface area contributed by atoms with Gasteiger partial charge < -0.3 is 0 Å². The van der Waals surface area contributed by atoms with Gasteiger partial charge in [-0.3, -0.25) is 0 Å². The Morgan fingerprint density at radius 2 is 2.09 bits per heavy atom. The van der Waals surface area contributed by atoms with Crippen LogP contribution in [-0.2, 0) is 6.42 Å². The molecule has 1 aromatic heterocycles. The molecular formula is C19H21FN2. The maximum absolute atomic E-state index is 13.1. The van der Waals surface area contributed by atoms with Crippen molar-refractivity contribution in [3.8, 4) is 5.69 Å². The number of nitrogens with zero attached hydrogens (tertiary/aromatic N) is 2. The second kappa shape index (κ2) is 4.80. The lowest BCUT2D eigenvalue weighted by atomic mass is 9.67. The number of allylic oxidation sites excluding steroid dienone is 1. The van der Waals surface area contributed by atoms with E-state index in [1.165, 1.54) is 42.7 Å². The molecule has 0 radical (unpaired) electrons. The van der Waals surface area contributed by atoms with Gasteiger partial charge in [-0.05, 0) is 72.9 Å². The summed E-state index contributed by atoms with van der Waals surface area (Å²) in [6, 6.07) is 6.57. The minimum Gasteiger partial charge on any atom is -0.233 e. The molecule has 22 heavy (non-hydrogen) atoms. The van der Waals surface area contributed by atoms with Gasteiger partial charge in [0, 0.05) is 0 Å². The van der Waals surface area contributed by atoms with Gasteiger partial charge in [0.1, 0.15) is 5.82 Å². The molecule has 2 aromatic rings. The zero-order valence-electron chi connectivity index (χ0n) is 13.1. The maximum atomic E-state index is 13.1. The topological polar surface area (TPSA) is 17.8 Å². The van der Waals surface area contributed by atoms with E-state index in [4.69, 9.17) is 0 Å².